The zero-order chi connectivity index (χ0) is 18.7. The first-order chi connectivity index (χ1) is 12.4. The van der Waals surface area contributed by atoms with Crippen LogP contribution in [-0.4, -0.2) is 24.3 Å². The maximum atomic E-state index is 13.7. The first-order valence-corrected chi connectivity index (χ1v) is 8.44. The van der Waals surface area contributed by atoms with Gasteiger partial charge < -0.3 is 4.74 Å². The lowest BCUT2D eigenvalue weighted by molar-refractivity contribution is 0.0826. The number of carbonyl (C=O) groups is 1. The highest BCUT2D eigenvalue weighted by Crippen LogP contribution is 2.26. The molecule has 1 fully saturated rings. The molecule has 1 amide bonds. The van der Waals surface area contributed by atoms with Crippen LogP contribution in [0.5, 0.6) is 0 Å². The van der Waals surface area contributed by atoms with Crippen molar-refractivity contribution in [3.05, 3.63) is 63.9 Å². The molecule has 4 nitrogen and oxygen atoms in total. The Morgan fingerprint density at radius 3 is 2.54 bits per heavy atom. The van der Waals surface area contributed by atoms with Crippen molar-refractivity contribution in [2.45, 2.75) is 19.3 Å². The van der Waals surface area contributed by atoms with Crippen LogP contribution in [0.3, 0.4) is 0 Å². The van der Waals surface area contributed by atoms with E-state index in [0.717, 1.165) is 5.56 Å². The number of nitrogens with one attached hydrogen (secondary N) is 1. The number of cyclic esters (lactones) is 1. The summed E-state index contributed by atoms with van der Waals surface area (Å²) in [4.78, 5) is 11.7. The van der Waals surface area contributed by atoms with Crippen molar-refractivity contribution < 1.29 is 22.7 Å². The van der Waals surface area contributed by atoms with Crippen LogP contribution in [0.4, 0.5) is 23.7 Å². The number of halogens is 4. The standard InChI is InChI=1S/C18H16ClF3N2O2/c19-14-5-3-11(2-4-13-15(21)9-12(20)10-16(13)22)8-17(14)23-24-6-1-7-26-18(24)25/h3,5,8-10,23H,1-2,4,6-7H2. The number of anilines is 1. The molecule has 2 aromatic carbocycles. The van der Waals surface area contributed by atoms with Gasteiger partial charge in [0.25, 0.3) is 0 Å². The lowest BCUT2D eigenvalue weighted by atomic mass is 10.0. The van der Waals surface area contributed by atoms with Crippen LogP contribution in [0.25, 0.3) is 0 Å². The molecule has 0 aliphatic carbocycles. The molecule has 1 aliphatic heterocycles. The Kier molecular flexibility index (Phi) is 5.56. The van der Waals surface area contributed by atoms with Crippen LogP contribution in [0.2, 0.25) is 5.02 Å². The van der Waals surface area contributed by atoms with E-state index in [9.17, 15) is 18.0 Å². The fourth-order valence-corrected chi connectivity index (χ4v) is 2.85. The number of carbonyl (C=O) groups excluding carboxylic acids is 1. The maximum absolute atomic E-state index is 13.7. The van der Waals surface area contributed by atoms with Crippen molar-refractivity contribution in [1.29, 1.82) is 0 Å². The highest BCUT2D eigenvalue weighted by molar-refractivity contribution is 6.33. The van der Waals surface area contributed by atoms with Crippen molar-refractivity contribution in [3.63, 3.8) is 0 Å². The maximum Gasteiger partial charge on any atom is 0.428 e. The summed E-state index contributed by atoms with van der Waals surface area (Å²) in [6, 6.07) is 6.38. The van der Waals surface area contributed by atoms with Gasteiger partial charge in [-0.1, -0.05) is 17.7 Å². The number of hydrogen-bond donors (Lipinski definition) is 1. The number of nitrogens with zero attached hydrogens (tertiary/aromatic N) is 1. The predicted octanol–water partition coefficient (Wildman–Crippen LogP) is 4.71. The molecule has 0 radical (unpaired) electrons. The molecule has 1 aliphatic rings. The number of hydrazine groups is 1. The first kappa shape index (κ1) is 18.4. The smallest absolute Gasteiger partial charge is 0.428 e. The fraction of sp³-hybridized carbons (Fsp3) is 0.278. The SMILES string of the molecule is O=C1OCCCN1Nc1cc(CCc2c(F)cc(F)cc2F)ccc1Cl. The van der Waals surface area contributed by atoms with Crippen LogP contribution in [-0.2, 0) is 17.6 Å². The Hall–Kier alpha value is -2.41. The second kappa shape index (κ2) is 7.86. The van der Waals surface area contributed by atoms with Crippen molar-refractivity contribution in [1.82, 2.24) is 5.01 Å². The Labute approximate surface area is 153 Å². The Morgan fingerprint density at radius 2 is 1.85 bits per heavy atom. The van der Waals surface area contributed by atoms with Crippen molar-refractivity contribution in [3.8, 4) is 0 Å². The molecule has 0 saturated carbocycles. The average molecular weight is 385 g/mol. The van der Waals surface area contributed by atoms with Gasteiger partial charge in [-0.2, -0.15) is 0 Å². The molecule has 3 rings (SSSR count). The predicted molar refractivity (Wildman–Crippen MR) is 91.5 cm³/mol. The molecule has 1 heterocycles. The van der Waals surface area contributed by atoms with E-state index < -0.39 is 23.5 Å². The Morgan fingerprint density at radius 1 is 1.12 bits per heavy atom. The minimum Gasteiger partial charge on any atom is -0.448 e. The average Bonchev–Trinajstić information content (AvgIpc) is 2.58. The molecule has 0 spiro atoms. The summed E-state index contributed by atoms with van der Waals surface area (Å²) in [6.45, 7) is 0.852. The molecule has 0 atom stereocenters. The van der Waals surface area contributed by atoms with E-state index in [1.807, 2.05) is 0 Å². The Bertz CT molecular complexity index is 809. The van der Waals surface area contributed by atoms with Gasteiger partial charge in [-0.15, -0.1) is 0 Å². The summed E-state index contributed by atoms with van der Waals surface area (Å²) in [6.07, 6.45) is 0.577. The summed E-state index contributed by atoms with van der Waals surface area (Å²) >= 11 is 6.15. The van der Waals surface area contributed by atoms with E-state index >= 15 is 0 Å². The molecule has 0 unspecified atom stereocenters. The molecule has 0 bridgehead atoms. The van der Waals surface area contributed by atoms with Gasteiger partial charge in [0, 0.05) is 30.7 Å². The van der Waals surface area contributed by atoms with Crippen molar-refractivity contribution in [2.24, 2.45) is 0 Å². The zero-order valence-corrected chi connectivity index (χ0v) is 14.5. The molecule has 26 heavy (non-hydrogen) atoms. The topological polar surface area (TPSA) is 41.6 Å². The minimum atomic E-state index is -0.949. The van der Waals surface area contributed by atoms with Crippen LogP contribution in [0, 0.1) is 17.5 Å². The van der Waals surface area contributed by atoms with Crippen molar-refractivity contribution >= 4 is 23.4 Å². The van der Waals surface area contributed by atoms with Gasteiger partial charge in [0.15, 0.2) is 0 Å². The van der Waals surface area contributed by atoms with Gasteiger partial charge in [0.05, 0.1) is 17.3 Å². The summed E-state index contributed by atoms with van der Waals surface area (Å²) in [5.74, 6) is -2.77. The van der Waals surface area contributed by atoms with Gasteiger partial charge in [-0.25, -0.2) is 23.0 Å². The lowest BCUT2D eigenvalue weighted by Gasteiger charge is -2.27. The first-order valence-electron chi connectivity index (χ1n) is 8.07. The molecular weight excluding hydrogens is 369 g/mol. The number of benzene rings is 2. The van der Waals surface area contributed by atoms with Crippen LogP contribution < -0.4 is 5.43 Å². The Balaban J connectivity index is 1.72. The van der Waals surface area contributed by atoms with E-state index in [0.29, 0.717) is 48.8 Å². The van der Waals surface area contributed by atoms with Crippen LogP contribution in [0.15, 0.2) is 30.3 Å². The summed E-state index contributed by atoms with van der Waals surface area (Å²) in [7, 11) is 0. The summed E-state index contributed by atoms with van der Waals surface area (Å²) in [5, 5.41) is 1.71. The molecule has 1 N–H and O–H groups in total. The quantitative estimate of drug-likeness (QED) is 0.811. The lowest BCUT2D eigenvalue weighted by Crippen LogP contribution is -2.41. The van der Waals surface area contributed by atoms with Gasteiger partial charge >= 0.3 is 6.09 Å². The molecule has 2 aromatic rings. The third-order valence-electron chi connectivity index (χ3n) is 4.03. The van der Waals surface area contributed by atoms with E-state index in [4.69, 9.17) is 16.3 Å². The summed E-state index contributed by atoms with van der Waals surface area (Å²) < 4.78 is 45.4. The van der Waals surface area contributed by atoms with E-state index in [-0.39, 0.29) is 12.0 Å². The number of amides is 1. The second-order valence-electron chi connectivity index (χ2n) is 5.89. The fourth-order valence-electron chi connectivity index (χ4n) is 2.69. The monoisotopic (exact) mass is 384 g/mol. The minimum absolute atomic E-state index is 0.0603. The van der Waals surface area contributed by atoms with Crippen LogP contribution in [0.1, 0.15) is 17.5 Å². The molecular formula is C18H16ClF3N2O2. The van der Waals surface area contributed by atoms with Gasteiger partial charge in [-0.05, 0) is 30.5 Å². The van der Waals surface area contributed by atoms with Gasteiger partial charge in [0.2, 0.25) is 0 Å². The number of rotatable bonds is 5. The van der Waals surface area contributed by atoms with Gasteiger partial charge in [-0.3, -0.25) is 5.43 Å². The van der Waals surface area contributed by atoms with E-state index in [1.165, 1.54) is 5.01 Å². The number of aryl methyl sites for hydroxylation is 1. The normalized spacial score (nSPS) is 14.3. The molecule has 1 saturated heterocycles. The second-order valence-corrected chi connectivity index (χ2v) is 6.30. The highest BCUT2D eigenvalue weighted by atomic mass is 35.5. The number of hydrogen-bond acceptors (Lipinski definition) is 3. The molecule has 8 heteroatoms. The van der Waals surface area contributed by atoms with E-state index in [1.54, 1.807) is 18.2 Å². The zero-order valence-electron chi connectivity index (χ0n) is 13.7. The van der Waals surface area contributed by atoms with Crippen molar-refractivity contribution in [2.75, 3.05) is 18.6 Å². The third kappa shape index (κ3) is 4.22. The van der Waals surface area contributed by atoms with E-state index in [2.05, 4.69) is 5.43 Å². The third-order valence-corrected chi connectivity index (χ3v) is 4.36. The number of ether oxygens (including phenoxy) is 1. The summed E-state index contributed by atoms with van der Waals surface area (Å²) in [5.41, 5.74) is 3.97. The molecule has 138 valence electrons. The largest absolute Gasteiger partial charge is 0.448 e. The van der Waals surface area contributed by atoms with Gasteiger partial charge in [0.1, 0.15) is 17.5 Å². The van der Waals surface area contributed by atoms with Crippen LogP contribution >= 0.6 is 11.6 Å². The molecule has 0 aromatic heterocycles. The highest BCUT2D eigenvalue weighted by Gasteiger charge is 2.20.